The van der Waals surface area contributed by atoms with Crippen LogP contribution in [0, 0.1) is 0 Å². The summed E-state index contributed by atoms with van der Waals surface area (Å²) in [7, 11) is -2.12. The molecular formula is C26H22AuOP+. The van der Waals surface area contributed by atoms with Crippen LogP contribution in [0.1, 0.15) is 10.4 Å². The fourth-order valence-electron chi connectivity index (χ4n) is 3.70. The summed E-state index contributed by atoms with van der Waals surface area (Å²) >= 11 is 0. The number of carbonyl (C=O) groups is 1. The number of hydrogen-bond acceptors (Lipinski definition) is 1. The van der Waals surface area contributed by atoms with Crippen LogP contribution < -0.4 is 15.9 Å². The Morgan fingerprint density at radius 1 is 0.517 bits per heavy atom. The maximum atomic E-state index is 13.4. The fraction of sp³-hybridized carbons (Fsp3) is 0.0385. The second kappa shape index (κ2) is 9.96. The molecule has 0 aliphatic heterocycles. The van der Waals surface area contributed by atoms with Crippen molar-refractivity contribution in [2.75, 3.05) is 6.16 Å². The Morgan fingerprint density at radius 2 is 0.828 bits per heavy atom. The summed E-state index contributed by atoms with van der Waals surface area (Å²) in [5.41, 5.74) is 0.773. The van der Waals surface area contributed by atoms with Gasteiger partial charge in [-0.15, -0.1) is 0 Å². The van der Waals surface area contributed by atoms with Crippen molar-refractivity contribution in [3.05, 3.63) is 127 Å². The van der Waals surface area contributed by atoms with E-state index in [1.165, 1.54) is 15.9 Å². The molecule has 0 saturated heterocycles. The molecule has 0 bridgehead atoms. The number of ketones is 1. The van der Waals surface area contributed by atoms with Gasteiger partial charge in [0.05, 0.1) is 0 Å². The van der Waals surface area contributed by atoms with Gasteiger partial charge in [-0.3, -0.25) is 4.79 Å². The van der Waals surface area contributed by atoms with E-state index in [1.54, 1.807) is 0 Å². The minimum absolute atomic E-state index is 0. The van der Waals surface area contributed by atoms with Crippen molar-refractivity contribution in [3.8, 4) is 0 Å². The van der Waals surface area contributed by atoms with E-state index >= 15 is 0 Å². The van der Waals surface area contributed by atoms with E-state index < -0.39 is 7.26 Å². The zero-order valence-electron chi connectivity index (χ0n) is 15.9. The maximum absolute atomic E-state index is 13.4. The van der Waals surface area contributed by atoms with Gasteiger partial charge < -0.3 is 0 Å². The van der Waals surface area contributed by atoms with Crippen molar-refractivity contribution in [3.63, 3.8) is 0 Å². The van der Waals surface area contributed by atoms with Crippen LogP contribution in [0.15, 0.2) is 121 Å². The number of hydrogen-bond donors (Lipinski definition) is 0. The van der Waals surface area contributed by atoms with Gasteiger partial charge >= 0.3 is 0 Å². The molecule has 3 heteroatoms. The summed E-state index contributed by atoms with van der Waals surface area (Å²) in [5.74, 6) is 0.186. The Hall–Kier alpha value is -2.28. The Balaban J connectivity index is 0.00000240. The predicted octanol–water partition coefficient (Wildman–Crippen LogP) is 4.86. The summed E-state index contributed by atoms with van der Waals surface area (Å²) in [5, 5.41) is 3.70. The molecule has 0 N–H and O–H groups in total. The smallest absolute Gasteiger partial charge is 0.201 e. The number of benzene rings is 4. The quantitative estimate of drug-likeness (QED) is 0.182. The van der Waals surface area contributed by atoms with Gasteiger partial charge in [-0.1, -0.05) is 84.9 Å². The normalized spacial score (nSPS) is 10.8. The third kappa shape index (κ3) is 4.50. The summed E-state index contributed by atoms with van der Waals surface area (Å²) in [6.45, 7) is 0. The minimum atomic E-state index is -2.12. The molecule has 0 aliphatic carbocycles. The first kappa shape index (κ1) is 21.4. The van der Waals surface area contributed by atoms with Crippen LogP contribution in [0.5, 0.6) is 0 Å². The molecule has 147 valence electrons. The van der Waals surface area contributed by atoms with Gasteiger partial charge in [0.15, 0.2) is 0 Å². The SMILES string of the molecule is O=C(C[P+](c1ccccc1)(c1ccccc1)c1ccccc1)c1ccccc1.[Au]. The van der Waals surface area contributed by atoms with Crippen LogP contribution in [-0.2, 0) is 22.4 Å². The van der Waals surface area contributed by atoms with E-state index in [1.807, 2.05) is 48.5 Å². The third-order valence-corrected chi connectivity index (χ3v) is 9.37. The molecule has 1 radical (unpaired) electrons. The number of Topliss-reactive ketones (excluding diaryl/α,β-unsaturated/α-hetero) is 1. The summed E-state index contributed by atoms with van der Waals surface area (Å²) in [6.07, 6.45) is 0.481. The first-order valence-electron chi connectivity index (χ1n) is 9.44. The van der Waals surface area contributed by atoms with Crippen molar-refractivity contribution in [1.82, 2.24) is 0 Å². The molecule has 0 atom stereocenters. The van der Waals surface area contributed by atoms with E-state index in [0.29, 0.717) is 6.16 Å². The fourth-order valence-corrected chi connectivity index (χ4v) is 7.80. The van der Waals surface area contributed by atoms with Crippen LogP contribution >= 0.6 is 7.26 Å². The molecule has 29 heavy (non-hydrogen) atoms. The Kier molecular flexibility index (Phi) is 7.36. The summed E-state index contributed by atoms with van der Waals surface area (Å²) in [4.78, 5) is 13.4. The Labute approximate surface area is 188 Å². The van der Waals surface area contributed by atoms with Gasteiger partial charge in [-0.25, -0.2) is 0 Å². The summed E-state index contributed by atoms with van der Waals surface area (Å²) in [6, 6.07) is 41.2. The second-order valence-electron chi connectivity index (χ2n) is 6.76. The van der Waals surface area contributed by atoms with Gasteiger partial charge in [0.2, 0.25) is 5.78 Å². The van der Waals surface area contributed by atoms with Crippen LogP contribution in [0.25, 0.3) is 0 Å². The van der Waals surface area contributed by atoms with Gasteiger partial charge in [0.1, 0.15) is 29.3 Å². The van der Waals surface area contributed by atoms with Crippen LogP contribution in [0.2, 0.25) is 0 Å². The van der Waals surface area contributed by atoms with Crippen molar-refractivity contribution in [1.29, 1.82) is 0 Å². The third-order valence-electron chi connectivity index (χ3n) is 5.07. The minimum Gasteiger partial charge on any atom is -0.290 e. The zero-order valence-corrected chi connectivity index (χ0v) is 19.0. The molecule has 4 aromatic rings. The molecule has 0 aliphatic rings. The average Bonchev–Trinajstić information content (AvgIpc) is 2.80. The standard InChI is InChI=1S/C26H22OP.Au/c27-26(22-13-5-1-6-14-22)21-28(23-15-7-2-8-16-23,24-17-9-3-10-18-24)25-19-11-4-12-20-25;/h1-20H,21H2;/q+1;. The van der Waals surface area contributed by atoms with Gasteiger partial charge in [0.25, 0.3) is 0 Å². The topological polar surface area (TPSA) is 17.1 Å². The van der Waals surface area contributed by atoms with E-state index in [0.717, 1.165) is 5.56 Å². The van der Waals surface area contributed by atoms with E-state index in [-0.39, 0.29) is 28.2 Å². The first-order valence-corrected chi connectivity index (χ1v) is 11.4. The Morgan fingerprint density at radius 3 is 1.17 bits per heavy atom. The zero-order chi connectivity index (χ0) is 19.2. The second-order valence-corrected chi connectivity index (χ2v) is 10.2. The van der Waals surface area contributed by atoms with Crippen LogP contribution in [-0.4, -0.2) is 11.9 Å². The van der Waals surface area contributed by atoms with Crippen molar-refractivity contribution in [2.24, 2.45) is 0 Å². The molecule has 0 saturated carbocycles. The molecular weight excluding hydrogens is 556 g/mol. The molecule has 0 aromatic heterocycles. The molecule has 1 nitrogen and oxygen atoms in total. The molecule has 0 spiro atoms. The largest absolute Gasteiger partial charge is 0.290 e. The van der Waals surface area contributed by atoms with Gasteiger partial charge in [-0.05, 0) is 36.4 Å². The monoisotopic (exact) mass is 578 g/mol. The molecule has 0 heterocycles. The van der Waals surface area contributed by atoms with E-state index in [9.17, 15) is 4.79 Å². The Bertz CT molecular complexity index is 938. The van der Waals surface area contributed by atoms with Crippen molar-refractivity contribution in [2.45, 2.75) is 0 Å². The number of rotatable bonds is 6. The van der Waals surface area contributed by atoms with Gasteiger partial charge in [0, 0.05) is 27.9 Å². The number of carbonyl (C=O) groups excluding carboxylic acids is 1. The first-order chi connectivity index (χ1) is 13.8. The van der Waals surface area contributed by atoms with Gasteiger partial charge in [-0.2, -0.15) is 0 Å². The predicted molar refractivity (Wildman–Crippen MR) is 121 cm³/mol. The van der Waals surface area contributed by atoms with Crippen molar-refractivity contribution < 1.29 is 27.2 Å². The van der Waals surface area contributed by atoms with Crippen LogP contribution in [0.3, 0.4) is 0 Å². The molecule has 0 amide bonds. The van der Waals surface area contributed by atoms with Crippen LogP contribution in [0.4, 0.5) is 0 Å². The van der Waals surface area contributed by atoms with E-state index in [4.69, 9.17) is 0 Å². The van der Waals surface area contributed by atoms with E-state index in [2.05, 4.69) is 72.8 Å². The molecule has 4 rings (SSSR count). The molecule has 0 unspecified atom stereocenters. The van der Waals surface area contributed by atoms with Crippen molar-refractivity contribution >= 4 is 29.0 Å². The summed E-state index contributed by atoms with van der Waals surface area (Å²) < 4.78 is 0. The average molecular weight is 578 g/mol. The molecule has 0 fully saturated rings. The molecule has 4 aromatic carbocycles. The maximum Gasteiger partial charge on any atom is 0.201 e.